The van der Waals surface area contributed by atoms with Gasteiger partial charge in [0.15, 0.2) is 17.3 Å². The van der Waals surface area contributed by atoms with Gasteiger partial charge in [-0.25, -0.2) is 4.98 Å². The average molecular weight is 358 g/mol. The molecule has 1 aromatic carbocycles. The van der Waals surface area contributed by atoms with Crippen molar-refractivity contribution in [3.8, 4) is 22.1 Å². The smallest absolute Gasteiger partial charge is 0.268 e. The quantitative estimate of drug-likeness (QED) is 0.758. The fraction of sp³-hybridized carbons (Fsp3) is 0.235. The molecule has 0 spiro atoms. The van der Waals surface area contributed by atoms with Gasteiger partial charge in [-0.1, -0.05) is 0 Å². The van der Waals surface area contributed by atoms with E-state index < -0.39 is 0 Å². The monoisotopic (exact) mass is 358 g/mol. The molecule has 2 aromatic heterocycles. The molecule has 3 aromatic rings. The molecule has 0 aliphatic heterocycles. The summed E-state index contributed by atoms with van der Waals surface area (Å²) in [6.07, 6.45) is 1.77. The van der Waals surface area contributed by atoms with E-state index in [4.69, 9.17) is 9.47 Å². The van der Waals surface area contributed by atoms with E-state index in [-0.39, 0.29) is 5.91 Å². The third-order valence-corrected chi connectivity index (χ3v) is 4.79. The predicted molar refractivity (Wildman–Crippen MR) is 96.6 cm³/mol. The van der Waals surface area contributed by atoms with E-state index in [1.165, 1.54) is 11.3 Å². The van der Waals surface area contributed by atoms with Crippen LogP contribution in [0.5, 0.6) is 11.5 Å². The number of benzene rings is 1. The molecule has 7 nitrogen and oxygen atoms in total. The molecule has 0 saturated heterocycles. The van der Waals surface area contributed by atoms with Gasteiger partial charge in [0.2, 0.25) is 0 Å². The number of amides is 1. The van der Waals surface area contributed by atoms with E-state index in [1.807, 2.05) is 25.1 Å². The number of ether oxygens (including phenoxy) is 2. The summed E-state index contributed by atoms with van der Waals surface area (Å²) >= 11 is 1.33. The van der Waals surface area contributed by atoms with E-state index in [9.17, 15) is 4.79 Å². The molecule has 0 unspecified atom stereocenters. The zero-order chi connectivity index (χ0) is 18.0. The summed E-state index contributed by atoms with van der Waals surface area (Å²) in [5, 5.41) is 7.67. The number of carbonyl (C=O) groups excluding carboxylic acids is 1. The normalized spacial score (nSPS) is 10.6. The van der Waals surface area contributed by atoms with Gasteiger partial charge in [-0.05, 0) is 25.1 Å². The van der Waals surface area contributed by atoms with Gasteiger partial charge in [0.1, 0.15) is 9.88 Å². The van der Waals surface area contributed by atoms with Crippen molar-refractivity contribution >= 4 is 23.1 Å². The van der Waals surface area contributed by atoms with Crippen LogP contribution in [0.4, 0.5) is 5.82 Å². The number of thiazole rings is 1. The van der Waals surface area contributed by atoms with Gasteiger partial charge in [-0.2, -0.15) is 5.10 Å². The topological polar surface area (TPSA) is 78.3 Å². The number of rotatable bonds is 5. The highest BCUT2D eigenvalue weighted by Crippen LogP contribution is 2.35. The summed E-state index contributed by atoms with van der Waals surface area (Å²) < 4.78 is 12.2. The Hall–Kier alpha value is -2.87. The van der Waals surface area contributed by atoms with Gasteiger partial charge >= 0.3 is 0 Å². The molecule has 25 heavy (non-hydrogen) atoms. The number of aromatic nitrogens is 3. The number of hydrogen-bond acceptors (Lipinski definition) is 6. The Morgan fingerprint density at radius 1 is 1.20 bits per heavy atom. The zero-order valence-corrected chi connectivity index (χ0v) is 15.2. The SMILES string of the molecule is COc1ccc(-c2nc(C)c(C(=O)Nc3ccn(C)n3)s2)cc1OC. The van der Waals surface area contributed by atoms with Gasteiger partial charge in [-0.3, -0.25) is 9.48 Å². The summed E-state index contributed by atoms with van der Waals surface area (Å²) in [5.74, 6) is 1.55. The van der Waals surface area contributed by atoms with Crippen molar-refractivity contribution in [2.45, 2.75) is 6.92 Å². The van der Waals surface area contributed by atoms with E-state index in [2.05, 4.69) is 15.4 Å². The summed E-state index contributed by atoms with van der Waals surface area (Å²) in [6.45, 7) is 1.81. The van der Waals surface area contributed by atoms with Gasteiger partial charge in [0, 0.05) is 24.9 Å². The Morgan fingerprint density at radius 3 is 2.60 bits per heavy atom. The van der Waals surface area contributed by atoms with Crippen LogP contribution in [0.3, 0.4) is 0 Å². The van der Waals surface area contributed by atoms with Gasteiger partial charge in [0.05, 0.1) is 19.9 Å². The average Bonchev–Trinajstić information content (AvgIpc) is 3.19. The number of nitrogens with zero attached hydrogens (tertiary/aromatic N) is 3. The molecule has 0 fully saturated rings. The lowest BCUT2D eigenvalue weighted by Gasteiger charge is -2.08. The fourth-order valence-electron chi connectivity index (χ4n) is 2.35. The minimum absolute atomic E-state index is 0.222. The Bertz CT molecular complexity index is 917. The first-order chi connectivity index (χ1) is 12.0. The lowest BCUT2D eigenvalue weighted by molar-refractivity contribution is 0.102. The van der Waals surface area contributed by atoms with Gasteiger partial charge in [-0.15, -0.1) is 11.3 Å². The number of carbonyl (C=O) groups is 1. The number of anilines is 1. The maximum Gasteiger partial charge on any atom is 0.268 e. The summed E-state index contributed by atoms with van der Waals surface area (Å²) in [5.41, 5.74) is 1.53. The zero-order valence-electron chi connectivity index (χ0n) is 14.4. The van der Waals surface area contributed by atoms with Crippen LogP contribution in [0, 0.1) is 6.92 Å². The maximum absolute atomic E-state index is 12.5. The Labute approximate surface area is 149 Å². The van der Waals surface area contributed by atoms with Crippen LogP contribution in [-0.2, 0) is 7.05 Å². The standard InChI is InChI=1S/C17H18N4O3S/c1-10-15(16(22)19-14-7-8-21(2)20-14)25-17(18-10)11-5-6-12(23-3)13(9-11)24-4/h5-9H,1-4H3,(H,19,20,22). The molecule has 0 radical (unpaired) electrons. The first-order valence-electron chi connectivity index (χ1n) is 7.52. The molecule has 0 aliphatic rings. The molecular weight excluding hydrogens is 340 g/mol. The second-order valence-corrected chi connectivity index (χ2v) is 6.33. The molecule has 8 heteroatoms. The second-order valence-electron chi connectivity index (χ2n) is 5.33. The molecule has 0 atom stereocenters. The number of nitrogens with one attached hydrogen (secondary N) is 1. The van der Waals surface area contributed by atoms with Crippen molar-refractivity contribution < 1.29 is 14.3 Å². The van der Waals surface area contributed by atoms with Crippen molar-refractivity contribution in [1.29, 1.82) is 0 Å². The van der Waals surface area contributed by atoms with Crippen molar-refractivity contribution in [1.82, 2.24) is 14.8 Å². The highest BCUT2D eigenvalue weighted by Gasteiger charge is 2.18. The second kappa shape index (κ2) is 6.94. The minimum atomic E-state index is -0.222. The molecule has 3 rings (SSSR count). The summed E-state index contributed by atoms with van der Waals surface area (Å²) in [7, 11) is 4.97. The highest BCUT2D eigenvalue weighted by atomic mass is 32.1. The first kappa shape index (κ1) is 17.0. The minimum Gasteiger partial charge on any atom is -0.493 e. The third-order valence-electron chi connectivity index (χ3n) is 3.59. The van der Waals surface area contributed by atoms with Crippen LogP contribution in [-0.4, -0.2) is 34.9 Å². The molecule has 0 saturated carbocycles. The Kier molecular flexibility index (Phi) is 4.71. The predicted octanol–water partition coefficient (Wildman–Crippen LogP) is 3.12. The number of aryl methyl sites for hydroxylation is 2. The number of hydrogen-bond donors (Lipinski definition) is 1. The lowest BCUT2D eigenvalue weighted by atomic mass is 10.2. The Balaban J connectivity index is 1.88. The van der Waals surface area contributed by atoms with Crippen LogP contribution in [0.1, 0.15) is 15.4 Å². The molecule has 130 valence electrons. The third kappa shape index (κ3) is 3.48. The van der Waals surface area contributed by atoms with E-state index in [0.717, 1.165) is 10.6 Å². The molecule has 1 N–H and O–H groups in total. The highest BCUT2D eigenvalue weighted by molar-refractivity contribution is 7.17. The van der Waals surface area contributed by atoms with Crippen molar-refractivity contribution in [2.24, 2.45) is 7.05 Å². The summed E-state index contributed by atoms with van der Waals surface area (Å²) in [6, 6.07) is 7.29. The van der Waals surface area contributed by atoms with Crippen LogP contribution in [0.2, 0.25) is 0 Å². The fourth-order valence-corrected chi connectivity index (χ4v) is 3.31. The lowest BCUT2D eigenvalue weighted by Crippen LogP contribution is -2.12. The van der Waals surface area contributed by atoms with Crippen molar-refractivity contribution in [3.63, 3.8) is 0 Å². The van der Waals surface area contributed by atoms with Crippen molar-refractivity contribution in [2.75, 3.05) is 19.5 Å². The largest absolute Gasteiger partial charge is 0.493 e. The van der Waals surface area contributed by atoms with Crippen LogP contribution < -0.4 is 14.8 Å². The van der Waals surface area contributed by atoms with E-state index in [1.54, 1.807) is 38.2 Å². The summed E-state index contributed by atoms with van der Waals surface area (Å²) in [4.78, 5) is 17.5. The first-order valence-corrected chi connectivity index (χ1v) is 8.34. The van der Waals surface area contributed by atoms with E-state index in [0.29, 0.717) is 27.9 Å². The number of methoxy groups -OCH3 is 2. The molecular formula is C17H18N4O3S. The molecule has 2 heterocycles. The van der Waals surface area contributed by atoms with Crippen LogP contribution >= 0.6 is 11.3 Å². The van der Waals surface area contributed by atoms with Crippen molar-refractivity contribution in [3.05, 3.63) is 41.0 Å². The van der Waals surface area contributed by atoms with E-state index >= 15 is 0 Å². The maximum atomic E-state index is 12.5. The van der Waals surface area contributed by atoms with Crippen LogP contribution in [0.25, 0.3) is 10.6 Å². The van der Waals surface area contributed by atoms with Gasteiger partial charge in [0.25, 0.3) is 5.91 Å². The Morgan fingerprint density at radius 2 is 1.96 bits per heavy atom. The molecule has 1 amide bonds. The van der Waals surface area contributed by atoms with Gasteiger partial charge < -0.3 is 14.8 Å². The molecule has 0 aliphatic carbocycles. The molecule has 0 bridgehead atoms. The van der Waals surface area contributed by atoms with Crippen LogP contribution in [0.15, 0.2) is 30.5 Å².